The second kappa shape index (κ2) is 6.60. The minimum Gasteiger partial charge on any atom is -0.481 e. The lowest BCUT2D eigenvalue weighted by Crippen LogP contribution is -2.41. The van der Waals surface area contributed by atoms with Gasteiger partial charge in [0.05, 0.1) is 5.92 Å². The minimum atomic E-state index is -0.900. The molecule has 2 aromatic rings. The van der Waals surface area contributed by atoms with Crippen LogP contribution in [0.3, 0.4) is 0 Å². The molecule has 1 fully saturated rings. The van der Waals surface area contributed by atoms with Gasteiger partial charge in [-0.25, -0.2) is 0 Å². The Kier molecular flexibility index (Phi) is 4.41. The summed E-state index contributed by atoms with van der Waals surface area (Å²) in [4.78, 5) is 26.3. The van der Waals surface area contributed by atoms with E-state index in [4.69, 9.17) is 23.2 Å². The summed E-state index contributed by atoms with van der Waals surface area (Å²) in [6, 6.07) is 12.8. The average molecular weight is 390 g/mol. The van der Waals surface area contributed by atoms with Crippen LogP contribution in [0.15, 0.2) is 42.5 Å². The number of fused-ring (bicyclic) bond motifs is 1. The first kappa shape index (κ1) is 17.4. The lowest BCUT2D eigenvalue weighted by molar-refractivity contribution is -0.141. The lowest BCUT2D eigenvalue weighted by Gasteiger charge is -2.33. The van der Waals surface area contributed by atoms with Crippen molar-refractivity contribution in [2.45, 2.75) is 24.8 Å². The fraction of sp³-hybridized carbons (Fsp3) is 0.300. The van der Waals surface area contributed by atoms with Crippen molar-refractivity contribution in [3.63, 3.8) is 0 Å². The van der Waals surface area contributed by atoms with E-state index in [9.17, 15) is 14.7 Å². The third kappa shape index (κ3) is 3.08. The Morgan fingerprint density at radius 3 is 2.58 bits per heavy atom. The van der Waals surface area contributed by atoms with Crippen LogP contribution in [0.1, 0.15) is 34.9 Å². The number of benzene rings is 2. The van der Waals surface area contributed by atoms with Crippen LogP contribution in [-0.4, -0.2) is 28.4 Å². The van der Waals surface area contributed by atoms with Gasteiger partial charge in [-0.05, 0) is 41.2 Å². The predicted octanol–water partition coefficient (Wildman–Crippen LogP) is 4.31. The molecule has 2 aromatic carbocycles. The van der Waals surface area contributed by atoms with Crippen molar-refractivity contribution < 1.29 is 14.7 Å². The monoisotopic (exact) mass is 389 g/mol. The van der Waals surface area contributed by atoms with Gasteiger partial charge in [0, 0.05) is 29.1 Å². The average Bonchev–Trinajstić information content (AvgIpc) is 3.40. The molecule has 134 valence electrons. The summed E-state index contributed by atoms with van der Waals surface area (Å²) in [5.74, 6) is -1.65. The Labute approximate surface area is 161 Å². The standard InChI is InChI=1S/C20H17Cl2NO3/c21-12-5-6-14(18(22)7-12)15-8-16(15)19(24)23-9-11-3-1-2-4-13(11)17(10-23)20(25)26/h1-7,15-17H,8-10H2,(H,25,26). The summed E-state index contributed by atoms with van der Waals surface area (Å²) < 4.78 is 0. The highest BCUT2D eigenvalue weighted by molar-refractivity contribution is 6.35. The molecule has 0 saturated heterocycles. The Morgan fingerprint density at radius 2 is 1.85 bits per heavy atom. The number of carbonyl (C=O) groups is 2. The van der Waals surface area contributed by atoms with Crippen LogP contribution in [0.2, 0.25) is 10.0 Å². The van der Waals surface area contributed by atoms with Crippen molar-refractivity contribution in [3.8, 4) is 0 Å². The van der Waals surface area contributed by atoms with Crippen molar-refractivity contribution in [3.05, 3.63) is 69.2 Å². The van der Waals surface area contributed by atoms with E-state index in [1.54, 1.807) is 17.0 Å². The molecule has 1 saturated carbocycles. The third-order valence-corrected chi connectivity index (χ3v) is 5.84. The molecule has 1 aliphatic carbocycles. The molecule has 1 N–H and O–H groups in total. The lowest BCUT2D eigenvalue weighted by atomic mass is 9.89. The van der Waals surface area contributed by atoms with Gasteiger partial charge < -0.3 is 10.0 Å². The molecule has 1 aliphatic heterocycles. The molecule has 0 bridgehead atoms. The molecule has 3 unspecified atom stereocenters. The molecule has 1 heterocycles. The highest BCUT2D eigenvalue weighted by Gasteiger charge is 2.47. The molecule has 0 aromatic heterocycles. The highest BCUT2D eigenvalue weighted by atomic mass is 35.5. The van der Waals surface area contributed by atoms with Gasteiger partial charge in [-0.1, -0.05) is 53.5 Å². The molecule has 0 radical (unpaired) electrons. The zero-order valence-corrected chi connectivity index (χ0v) is 15.4. The molecule has 0 spiro atoms. The van der Waals surface area contributed by atoms with Crippen LogP contribution >= 0.6 is 23.2 Å². The number of rotatable bonds is 3. The first-order chi connectivity index (χ1) is 12.5. The summed E-state index contributed by atoms with van der Waals surface area (Å²) in [5, 5.41) is 10.7. The van der Waals surface area contributed by atoms with Gasteiger partial charge in [0.15, 0.2) is 0 Å². The molecule has 26 heavy (non-hydrogen) atoms. The Balaban J connectivity index is 1.54. The second-order valence-corrected chi connectivity index (χ2v) is 7.77. The Hall–Kier alpha value is -2.04. The highest BCUT2D eigenvalue weighted by Crippen LogP contribution is 2.51. The topological polar surface area (TPSA) is 57.6 Å². The summed E-state index contributed by atoms with van der Waals surface area (Å²) in [5.41, 5.74) is 2.64. The molecular formula is C20H17Cl2NO3. The van der Waals surface area contributed by atoms with Crippen LogP contribution in [0.5, 0.6) is 0 Å². The van der Waals surface area contributed by atoms with Gasteiger partial charge in [0.2, 0.25) is 5.91 Å². The summed E-state index contributed by atoms with van der Waals surface area (Å²) >= 11 is 12.2. The number of carboxylic acid groups (broad SMARTS) is 1. The molecule has 4 rings (SSSR count). The fourth-order valence-corrected chi connectivity index (χ4v) is 4.38. The summed E-state index contributed by atoms with van der Waals surface area (Å²) in [6.45, 7) is 0.666. The van der Waals surface area contributed by atoms with E-state index >= 15 is 0 Å². The van der Waals surface area contributed by atoms with Gasteiger partial charge >= 0.3 is 5.97 Å². The van der Waals surface area contributed by atoms with Gasteiger partial charge in [0.25, 0.3) is 0 Å². The van der Waals surface area contributed by atoms with E-state index in [0.29, 0.717) is 16.6 Å². The van der Waals surface area contributed by atoms with E-state index in [0.717, 1.165) is 23.1 Å². The number of hydrogen-bond donors (Lipinski definition) is 1. The first-order valence-electron chi connectivity index (χ1n) is 8.50. The predicted molar refractivity (Wildman–Crippen MR) is 99.5 cm³/mol. The van der Waals surface area contributed by atoms with Crippen LogP contribution in [0, 0.1) is 5.92 Å². The number of halogens is 2. The van der Waals surface area contributed by atoms with E-state index in [2.05, 4.69) is 0 Å². The van der Waals surface area contributed by atoms with Crippen LogP contribution < -0.4 is 0 Å². The quantitative estimate of drug-likeness (QED) is 0.850. The van der Waals surface area contributed by atoms with E-state index in [1.165, 1.54) is 0 Å². The SMILES string of the molecule is O=C(O)C1CN(C(=O)C2CC2c2ccc(Cl)cc2Cl)Cc2ccccc21. The summed E-state index contributed by atoms with van der Waals surface area (Å²) in [6.07, 6.45) is 0.732. The molecular weight excluding hydrogens is 373 g/mol. The molecule has 1 amide bonds. The minimum absolute atomic E-state index is 0.00164. The van der Waals surface area contributed by atoms with Crippen molar-refractivity contribution in [2.75, 3.05) is 6.54 Å². The second-order valence-electron chi connectivity index (χ2n) is 6.92. The van der Waals surface area contributed by atoms with Crippen LogP contribution in [0.25, 0.3) is 0 Å². The van der Waals surface area contributed by atoms with Crippen molar-refractivity contribution in [2.24, 2.45) is 5.92 Å². The summed E-state index contributed by atoms with van der Waals surface area (Å²) in [7, 11) is 0. The maximum atomic E-state index is 13.0. The third-order valence-electron chi connectivity index (χ3n) is 5.27. The van der Waals surface area contributed by atoms with Crippen molar-refractivity contribution in [1.29, 1.82) is 0 Å². The van der Waals surface area contributed by atoms with Crippen molar-refractivity contribution in [1.82, 2.24) is 4.90 Å². The number of carbonyl (C=O) groups excluding carboxylic acids is 1. The molecule has 4 nitrogen and oxygen atoms in total. The van der Waals surface area contributed by atoms with Gasteiger partial charge in [-0.15, -0.1) is 0 Å². The van der Waals surface area contributed by atoms with Gasteiger partial charge in [0.1, 0.15) is 0 Å². The van der Waals surface area contributed by atoms with Crippen LogP contribution in [0.4, 0.5) is 0 Å². The molecule has 2 aliphatic rings. The number of aliphatic carboxylic acids is 1. The number of carboxylic acids is 1. The van der Waals surface area contributed by atoms with Gasteiger partial charge in [-0.3, -0.25) is 9.59 Å². The normalized spacial score (nSPS) is 24.1. The van der Waals surface area contributed by atoms with E-state index in [-0.39, 0.29) is 24.3 Å². The first-order valence-corrected chi connectivity index (χ1v) is 9.25. The fourth-order valence-electron chi connectivity index (χ4n) is 3.83. The Bertz CT molecular complexity index is 898. The maximum Gasteiger partial charge on any atom is 0.312 e. The Morgan fingerprint density at radius 1 is 1.08 bits per heavy atom. The largest absolute Gasteiger partial charge is 0.481 e. The molecule has 3 atom stereocenters. The van der Waals surface area contributed by atoms with E-state index < -0.39 is 11.9 Å². The molecule has 6 heteroatoms. The zero-order chi connectivity index (χ0) is 18.4. The smallest absolute Gasteiger partial charge is 0.312 e. The van der Waals surface area contributed by atoms with Crippen molar-refractivity contribution >= 4 is 35.1 Å². The van der Waals surface area contributed by atoms with E-state index in [1.807, 2.05) is 30.3 Å². The number of amides is 1. The maximum absolute atomic E-state index is 13.0. The zero-order valence-electron chi connectivity index (χ0n) is 13.9. The van der Waals surface area contributed by atoms with Crippen LogP contribution in [-0.2, 0) is 16.1 Å². The number of hydrogen-bond acceptors (Lipinski definition) is 2. The van der Waals surface area contributed by atoms with Gasteiger partial charge in [-0.2, -0.15) is 0 Å². The number of nitrogens with zero attached hydrogens (tertiary/aromatic N) is 1.